The summed E-state index contributed by atoms with van der Waals surface area (Å²) in [6.45, 7) is 4.68. The van der Waals surface area contributed by atoms with Gasteiger partial charge in [0.15, 0.2) is 0 Å². The van der Waals surface area contributed by atoms with E-state index in [0.717, 1.165) is 10.6 Å². The molecule has 1 N–H and O–H groups in total. The summed E-state index contributed by atoms with van der Waals surface area (Å²) < 4.78 is 30.3. The first kappa shape index (κ1) is 20.7. The standard InChI is InChI=1S/C16H18Cl2N2O5S/c1-9-6-7-20(16(22)15(9)10(2)25-11(3)21)19-26(23,24)14-8-12(17)4-5-13(14)18/h4-5,8,10,19H,6-7H2,1-3H3. The quantitative estimate of drug-likeness (QED) is 0.738. The fourth-order valence-electron chi connectivity index (χ4n) is 2.64. The van der Waals surface area contributed by atoms with Crippen LogP contribution >= 0.6 is 23.2 Å². The van der Waals surface area contributed by atoms with E-state index in [2.05, 4.69) is 4.83 Å². The number of halogens is 2. The second-order valence-corrected chi connectivity index (χ2v) is 8.29. The molecule has 0 saturated heterocycles. The predicted molar refractivity (Wildman–Crippen MR) is 97.0 cm³/mol. The van der Waals surface area contributed by atoms with Crippen LogP contribution in [0.15, 0.2) is 34.2 Å². The highest BCUT2D eigenvalue weighted by atomic mass is 35.5. The summed E-state index contributed by atoms with van der Waals surface area (Å²) in [5, 5.41) is 1.14. The first-order chi connectivity index (χ1) is 12.0. The molecule has 0 radical (unpaired) electrons. The van der Waals surface area contributed by atoms with Crippen molar-refractivity contribution in [2.75, 3.05) is 6.54 Å². The Labute approximate surface area is 161 Å². The van der Waals surface area contributed by atoms with E-state index in [-0.39, 0.29) is 27.1 Å². The van der Waals surface area contributed by atoms with E-state index in [9.17, 15) is 18.0 Å². The fourth-order valence-corrected chi connectivity index (χ4v) is 4.47. The Morgan fingerprint density at radius 2 is 2.00 bits per heavy atom. The summed E-state index contributed by atoms with van der Waals surface area (Å²) in [6, 6.07) is 4.01. The van der Waals surface area contributed by atoms with Gasteiger partial charge in [0.05, 0.1) is 10.6 Å². The smallest absolute Gasteiger partial charge is 0.303 e. The number of benzene rings is 1. The highest BCUT2D eigenvalue weighted by Gasteiger charge is 2.33. The zero-order valence-electron chi connectivity index (χ0n) is 14.4. The van der Waals surface area contributed by atoms with Gasteiger partial charge in [0.2, 0.25) is 0 Å². The number of nitrogens with zero attached hydrogens (tertiary/aromatic N) is 1. The average Bonchev–Trinajstić information content (AvgIpc) is 2.51. The number of esters is 1. The Hall–Kier alpha value is -1.61. The number of ether oxygens (including phenoxy) is 1. The van der Waals surface area contributed by atoms with E-state index in [1.54, 1.807) is 13.8 Å². The molecule has 0 bridgehead atoms. The summed E-state index contributed by atoms with van der Waals surface area (Å²) in [7, 11) is -4.13. The van der Waals surface area contributed by atoms with Crippen LogP contribution in [-0.4, -0.2) is 38.0 Å². The number of carbonyl (C=O) groups excluding carboxylic acids is 2. The lowest BCUT2D eigenvalue weighted by Crippen LogP contribution is -2.50. The van der Waals surface area contributed by atoms with Gasteiger partial charge >= 0.3 is 5.97 Å². The number of carbonyl (C=O) groups is 2. The second kappa shape index (κ2) is 7.96. The average molecular weight is 421 g/mol. The van der Waals surface area contributed by atoms with Gasteiger partial charge in [0.25, 0.3) is 15.9 Å². The van der Waals surface area contributed by atoms with Crippen LogP contribution < -0.4 is 4.83 Å². The Morgan fingerprint density at radius 1 is 1.35 bits per heavy atom. The van der Waals surface area contributed by atoms with E-state index >= 15 is 0 Å². The molecule has 1 aliphatic rings. The first-order valence-corrected chi connectivity index (χ1v) is 9.93. The van der Waals surface area contributed by atoms with Crippen molar-refractivity contribution in [3.8, 4) is 0 Å². The summed E-state index contributed by atoms with van der Waals surface area (Å²) in [6.07, 6.45) is -0.361. The number of amides is 1. The van der Waals surface area contributed by atoms with Gasteiger partial charge in [-0.15, -0.1) is 4.83 Å². The third-order valence-electron chi connectivity index (χ3n) is 3.81. The lowest BCUT2D eigenvalue weighted by Gasteiger charge is -2.31. The Morgan fingerprint density at radius 3 is 2.62 bits per heavy atom. The van der Waals surface area contributed by atoms with Crippen molar-refractivity contribution in [2.24, 2.45) is 0 Å². The van der Waals surface area contributed by atoms with Crippen molar-refractivity contribution in [2.45, 2.75) is 38.2 Å². The zero-order valence-corrected chi connectivity index (χ0v) is 16.7. The molecule has 0 saturated carbocycles. The molecule has 26 heavy (non-hydrogen) atoms. The molecule has 0 aliphatic carbocycles. The highest BCUT2D eigenvalue weighted by molar-refractivity contribution is 7.89. The number of hydrogen-bond acceptors (Lipinski definition) is 5. The van der Waals surface area contributed by atoms with Gasteiger partial charge in [-0.2, -0.15) is 0 Å². The lowest BCUT2D eigenvalue weighted by molar-refractivity contribution is -0.145. The van der Waals surface area contributed by atoms with Crippen molar-refractivity contribution >= 4 is 45.1 Å². The Kier molecular flexibility index (Phi) is 6.33. The van der Waals surface area contributed by atoms with Crippen molar-refractivity contribution < 1.29 is 22.7 Å². The molecule has 1 amide bonds. The van der Waals surface area contributed by atoms with E-state index in [4.69, 9.17) is 27.9 Å². The normalized spacial score (nSPS) is 16.7. The molecule has 1 atom stereocenters. The van der Waals surface area contributed by atoms with Gasteiger partial charge in [-0.25, -0.2) is 8.42 Å². The number of sulfonamides is 1. The lowest BCUT2D eigenvalue weighted by atomic mass is 9.98. The minimum Gasteiger partial charge on any atom is -0.458 e. The van der Waals surface area contributed by atoms with Crippen LogP contribution in [0.1, 0.15) is 27.2 Å². The molecule has 7 nitrogen and oxygen atoms in total. The molecule has 1 unspecified atom stereocenters. The fraction of sp³-hybridized carbons (Fsp3) is 0.375. The topological polar surface area (TPSA) is 92.8 Å². The highest BCUT2D eigenvalue weighted by Crippen LogP contribution is 2.27. The number of hydrogen-bond donors (Lipinski definition) is 1. The van der Waals surface area contributed by atoms with Crippen LogP contribution in [0.3, 0.4) is 0 Å². The molecule has 0 spiro atoms. The predicted octanol–water partition coefficient (Wildman–Crippen LogP) is 2.69. The monoisotopic (exact) mass is 420 g/mol. The first-order valence-electron chi connectivity index (χ1n) is 7.69. The molecule has 1 aromatic carbocycles. The third-order valence-corrected chi connectivity index (χ3v) is 5.86. The molecule has 142 valence electrons. The maximum absolute atomic E-state index is 12.7. The minimum atomic E-state index is -4.13. The third kappa shape index (κ3) is 4.56. The zero-order chi connectivity index (χ0) is 19.6. The summed E-state index contributed by atoms with van der Waals surface area (Å²) in [5.74, 6) is -1.11. The van der Waals surface area contributed by atoms with E-state index in [1.807, 2.05) is 0 Å². The van der Waals surface area contributed by atoms with E-state index in [1.165, 1.54) is 25.1 Å². The van der Waals surface area contributed by atoms with Crippen molar-refractivity contribution in [3.63, 3.8) is 0 Å². The van der Waals surface area contributed by atoms with Crippen LogP contribution in [0.25, 0.3) is 0 Å². The van der Waals surface area contributed by atoms with Crippen molar-refractivity contribution in [3.05, 3.63) is 39.4 Å². The van der Waals surface area contributed by atoms with E-state index < -0.39 is 28.0 Å². The molecule has 0 aromatic heterocycles. The second-order valence-electron chi connectivity index (χ2n) is 5.82. The van der Waals surface area contributed by atoms with Gasteiger partial charge in [-0.1, -0.05) is 28.8 Å². The molecule has 1 aromatic rings. The number of rotatable bonds is 5. The largest absolute Gasteiger partial charge is 0.458 e. The molecule has 0 fully saturated rings. The minimum absolute atomic E-state index is 0.0217. The maximum Gasteiger partial charge on any atom is 0.303 e. The molecule has 1 heterocycles. The molecule has 2 rings (SSSR count). The van der Waals surface area contributed by atoms with E-state index in [0.29, 0.717) is 6.42 Å². The SMILES string of the molecule is CC(=O)OC(C)C1=C(C)CCN(NS(=O)(=O)c2cc(Cl)ccc2Cl)C1=O. The summed E-state index contributed by atoms with van der Waals surface area (Å²) in [4.78, 5) is 25.9. The van der Waals surface area contributed by atoms with Gasteiger partial charge < -0.3 is 4.74 Å². The summed E-state index contributed by atoms with van der Waals surface area (Å²) in [5.41, 5.74) is 0.978. The number of nitrogens with one attached hydrogen (secondary N) is 1. The van der Waals surface area contributed by atoms with Crippen LogP contribution in [0, 0.1) is 0 Å². The molecular formula is C16H18Cl2N2O5S. The Bertz CT molecular complexity index is 883. The summed E-state index contributed by atoms with van der Waals surface area (Å²) >= 11 is 11.8. The van der Waals surface area contributed by atoms with Crippen molar-refractivity contribution in [1.29, 1.82) is 0 Å². The van der Waals surface area contributed by atoms with Crippen LogP contribution in [0.2, 0.25) is 10.0 Å². The van der Waals surface area contributed by atoms with Gasteiger partial charge in [0, 0.05) is 18.5 Å². The Balaban J connectivity index is 2.29. The molecule has 1 aliphatic heterocycles. The van der Waals surface area contributed by atoms with Crippen LogP contribution in [-0.2, 0) is 24.3 Å². The van der Waals surface area contributed by atoms with Gasteiger partial charge in [-0.05, 0) is 38.5 Å². The van der Waals surface area contributed by atoms with Gasteiger partial charge in [-0.3, -0.25) is 14.6 Å². The van der Waals surface area contributed by atoms with Gasteiger partial charge in [0.1, 0.15) is 11.0 Å². The number of hydrazine groups is 1. The van der Waals surface area contributed by atoms with Crippen LogP contribution in [0.5, 0.6) is 0 Å². The molecular weight excluding hydrogens is 403 g/mol. The van der Waals surface area contributed by atoms with Crippen molar-refractivity contribution in [1.82, 2.24) is 9.84 Å². The molecule has 10 heteroatoms. The van der Waals surface area contributed by atoms with Crippen LogP contribution in [0.4, 0.5) is 0 Å². The maximum atomic E-state index is 12.7.